The first kappa shape index (κ1) is 14.5. The van der Waals surface area contributed by atoms with E-state index in [1.165, 1.54) is 26.4 Å². The van der Waals surface area contributed by atoms with Crippen LogP contribution in [-0.4, -0.2) is 50.7 Å². The molecular weight excluding hydrogens is 216 g/mol. The van der Waals surface area contributed by atoms with Crippen LogP contribution < -0.4 is 5.32 Å². The van der Waals surface area contributed by atoms with Gasteiger partial charge >= 0.3 is 5.97 Å². The zero-order valence-corrected chi connectivity index (χ0v) is 11.6. The molecule has 0 bridgehead atoms. The number of likely N-dealkylation sites (tertiary alicyclic amines) is 1. The Hall–Kier alpha value is -0.610. The first-order valence-electron chi connectivity index (χ1n) is 6.58. The molecule has 0 aromatic carbocycles. The van der Waals surface area contributed by atoms with Crippen LogP contribution in [-0.2, 0) is 9.53 Å². The van der Waals surface area contributed by atoms with Gasteiger partial charge in [-0.15, -0.1) is 0 Å². The Bertz CT molecular complexity index is 252. The van der Waals surface area contributed by atoms with E-state index >= 15 is 0 Å². The van der Waals surface area contributed by atoms with E-state index in [4.69, 9.17) is 4.74 Å². The number of nitrogens with zero attached hydrogens (tertiary/aromatic N) is 1. The highest BCUT2D eigenvalue weighted by atomic mass is 16.5. The van der Waals surface area contributed by atoms with Crippen molar-refractivity contribution in [3.8, 4) is 0 Å². The predicted molar refractivity (Wildman–Crippen MR) is 68.9 cm³/mol. The third-order valence-electron chi connectivity index (χ3n) is 4.29. The van der Waals surface area contributed by atoms with Crippen LogP contribution in [0, 0.1) is 5.41 Å². The van der Waals surface area contributed by atoms with Gasteiger partial charge in [0.2, 0.25) is 0 Å². The largest absolute Gasteiger partial charge is 0.468 e. The summed E-state index contributed by atoms with van der Waals surface area (Å²) in [5, 5.41) is 3.03. The number of nitrogens with one attached hydrogen (secondary N) is 1. The van der Waals surface area contributed by atoms with Gasteiger partial charge in [-0.1, -0.05) is 13.8 Å². The molecule has 1 atom stereocenters. The van der Waals surface area contributed by atoms with Crippen LogP contribution in [0.25, 0.3) is 0 Å². The summed E-state index contributed by atoms with van der Waals surface area (Å²) >= 11 is 0. The molecule has 0 aliphatic carbocycles. The highest BCUT2D eigenvalue weighted by Gasteiger charge is 2.36. The van der Waals surface area contributed by atoms with Crippen molar-refractivity contribution in [1.82, 2.24) is 10.2 Å². The molecule has 1 fully saturated rings. The van der Waals surface area contributed by atoms with Crippen LogP contribution in [0.3, 0.4) is 0 Å². The Morgan fingerprint density at radius 1 is 1.47 bits per heavy atom. The molecule has 1 aliphatic heterocycles. The summed E-state index contributed by atoms with van der Waals surface area (Å²) in [6.45, 7) is 7.49. The Kier molecular flexibility index (Phi) is 5.40. The minimum absolute atomic E-state index is 0.169. The molecule has 0 amide bonds. The van der Waals surface area contributed by atoms with E-state index in [0.29, 0.717) is 5.41 Å². The van der Waals surface area contributed by atoms with Crippen molar-refractivity contribution in [3.63, 3.8) is 0 Å². The standard InChI is InChI=1S/C13H26N2O2/c1-5-13(6-2)7-8-15(10-13)9-11(14-3)12(16)17-4/h11,14H,5-10H2,1-4H3. The van der Waals surface area contributed by atoms with Gasteiger partial charge in [0.05, 0.1) is 7.11 Å². The third-order valence-corrected chi connectivity index (χ3v) is 4.29. The maximum Gasteiger partial charge on any atom is 0.324 e. The van der Waals surface area contributed by atoms with Gasteiger partial charge in [-0.3, -0.25) is 4.79 Å². The average Bonchev–Trinajstić information content (AvgIpc) is 2.79. The Morgan fingerprint density at radius 2 is 2.12 bits per heavy atom. The Morgan fingerprint density at radius 3 is 2.53 bits per heavy atom. The molecule has 4 heteroatoms. The monoisotopic (exact) mass is 242 g/mol. The summed E-state index contributed by atoms with van der Waals surface area (Å²) < 4.78 is 4.79. The van der Waals surface area contributed by atoms with Crippen LogP contribution in [0.2, 0.25) is 0 Å². The molecule has 1 rings (SSSR count). The van der Waals surface area contributed by atoms with E-state index in [9.17, 15) is 4.79 Å². The van der Waals surface area contributed by atoms with E-state index in [-0.39, 0.29) is 12.0 Å². The third kappa shape index (κ3) is 3.42. The fourth-order valence-electron chi connectivity index (χ4n) is 2.69. The number of rotatable bonds is 6. The van der Waals surface area contributed by atoms with Crippen molar-refractivity contribution >= 4 is 5.97 Å². The number of likely N-dealkylation sites (N-methyl/N-ethyl adjacent to an activating group) is 1. The van der Waals surface area contributed by atoms with E-state index in [1.807, 2.05) is 7.05 Å². The van der Waals surface area contributed by atoms with Gasteiger partial charge < -0.3 is 15.0 Å². The van der Waals surface area contributed by atoms with Gasteiger partial charge in [0, 0.05) is 13.1 Å². The van der Waals surface area contributed by atoms with Gasteiger partial charge in [-0.25, -0.2) is 0 Å². The van der Waals surface area contributed by atoms with Crippen molar-refractivity contribution in [1.29, 1.82) is 0 Å². The van der Waals surface area contributed by atoms with E-state index in [2.05, 4.69) is 24.1 Å². The normalized spacial score (nSPS) is 21.4. The van der Waals surface area contributed by atoms with Crippen molar-refractivity contribution in [2.24, 2.45) is 5.41 Å². The molecule has 0 aromatic heterocycles. The van der Waals surface area contributed by atoms with Crippen LogP contribution in [0.15, 0.2) is 0 Å². The second kappa shape index (κ2) is 6.36. The molecule has 100 valence electrons. The quantitative estimate of drug-likeness (QED) is 0.712. The second-order valence-electron chi connectivity index (χ2n) is 5.06. The molecule has 0 aromatic rings. The molecule has 1 N–H and O–H groups in total. The summed E-state index contributed by atoms with van der Waals surface area (Å²) in [6.07, 6.45) is 3.70. The van der Waals surface area contributed by atoms with Crippen molar-refractivity contribution in [2.45, 2.75) is 39.2 Å². The predicted octanol–water partition coefficient (Wildman–Crippen LogP) is 1.26. The van der Waals surface area contributed by atoms with Crippen molar-refractivity contribution in [3.05, 3.63) is 0 Å². The second-order valence-corrected chi connectivity index (χ2v) is 5.06. The number of hydrogen-bond acceptors (Lipinski definition) is 4. The number of ether oxygens (including phenoxy) is 1. The molecule has 0 radical (unpaired) electrons. The summed E-state index contributed by atoms with van der Waals surface area (Å²) in [6, 6.07) is -0.204. The Labute approximate surface area is 105 Å². The first-order chi connectivity index (χ1) is 8.10. The minimum Gasteiger partial charge on any atom is -0.468 e. The maximum atomic E-state index is 11.5. The summed E-state index contributed by atoms with van der Waals surface area (Å²) in [5.74, 6) is -0.169. The lowest BCUT2D eigenvalue weighted by molar-refractivity contribution is -0.143. The molecule has 1 heterocycles. The highest BCUT2D eigenvalue weighted by Crippen LogP contribution is 2.36. The fraction of sp³-hybridized carbons (Fsp3) is 0.923. The Balaban J connectivity index is 2.51. The summed E-state index contributed by atoms with van der Waals surface area (Å²) in [4.78, 5) is 13.9. The molecule has 4 nitrogen and oxygen atoms in total. The lowest BCUT2D eigenvalue weighted by Crippen LogP contribution is -2.45. The molecule has 0 saturated carbocycles. The van der Waals surface area contributed by atoms with Gasteiger partial charge in [0.1, 0.15) is 6.04 Å². The fourth-order valence-corrected chi connectivity index (χ4v) is 2.69. The van der Waals surface area contributed by atoms with E-state index in [1.54, 1.807) is 0 Å². The highest BCUT2D eigenvalue weighted by molar-refractivity contribution is 5.75. The number of methoxy groups -OCH3 is 1. The van der Waals surface area contributed by atoms with Gasteiger partial charge in [0.25, 0.3) is 0 Å². The summed E-state index contributed by atoms with van der Waals surface area (Å²) in [5.41, 5.74) is 0.467. The SMILES string of the molecule is CCC1(CC)CCN(CC(NC)C(=O)OC)C1. The van der Waals surface area contributed by atoms with E-state index < -0.39 is 0 Å². The first-order valence-corrected chi connectivity index (χ1v) is 6.58. The van der Waals surface area contributed by atoms with Crippen LogP contribution in [0.1, 0.15) is 33.1 Å². The van der Waals surface area contributed by atoms with Gasteiger partial charge in [-0.2, -0.15) is 0 Å². The van der Waals surface area contributed by atoms with Gasteiger partial charge in [0.15, 0.2) is 0 Å². The summed E-state index contributed by atoms with van der Waals surface area (Å²) in [7, 11) is 3.25. The maximum absolute atomic E-state index is 11.5. The lowest BCUT2D eigenvalue weighted by atomic mass is 9.82. The molecule has 1 unspecified atom stereocenters. The zero-order chi connectivity index (χ0) is 12.9. The molecule has 1 aliphatic rings. The van der Waals surface area contributed by atoms with Crippen molar-refractivity contribution in [2.75, 3.05) is 33.8 Å². The average molecular weight is 242 g/mol. The van der Waals surface area contributed by atoms with E-state index in [0.717, 1.165) is 19.6 Å². The van der Waals surface area contributed by atoms with Crippen molar-refractivity contribution < 1.29 is 9.53 Å². The molecule has 0 spiro atoms. The number of esters is 1. The molecule has 1 saturated heterocycles. The van der Waals surface area contributed by atoms with Crippen LogP contribution >= 0.6 is 0 Å². The number of carbonyl (C=O) groups excluding carboxylic acids is 1. The topological polar surface area (TPSA) is 41.6 Å². The van der Waals surface area contributed by atoms with Crippen LogP contribution in [0.4, 0.5) is 0 Å². The zero-order valence-electron chi connectivity index (χ0n) is 11.6. The van der Waals surface area contributed by atoms with Gasteiger partial charge in [-0.05, 0) is 38.3 Å². The molecular formula is C13H26N2O2. The number of carbonyl (C=O) groups is 1. The number of hydrogen-bond donors (Lipinski definition) is 1. The lowest BCUT2D eigenvalue weighted by Gasteiger charge is -2.27. The smallest absolute Gasteiger partial charge is 0.324 e. The molecule has 17 heavy (non-hydrogen) atoms. The van der Waals surface area contributed by atoms with Crippen LogP contribution in [0.5, 0.6) is 0 Å². The minimum atomic E-state index is -0.204.